The van der Waals surface area contributed by atoms with E-state index in [0.717, 1.165) is 16.4 Å². The van der Waals surface area contributed by atoms with Crippen molar-refractivity contribution in [3.63, 3.8) is 0 Å². The summed E-state index contributed by atoms with van der Waals surface area (Å²) in [6.45, 7) is 4.00. The number of rotatable bonds is 3. The molecule has 0 saturated heterocycles. The third kappa shape index (κ3) is 3.04. The minimum absolute atomic E-state index is 0.251. The molecule has 1 aromatic carbocycles. The Balaban J connectivity index is 2.00. The van der Waals surface area contributed by atoms with E-state index in [0.29, 0.717) is 0 Å². The molecule has 0 aliphatic rings. The third-order valence-electron chi connectivity index (χ3n) is 2.30. The number of hydrogen-bond acceptors (Lipinski definition) is 5. The van der Waals surface area contributed by atoms with Gasteiger partial charge in [-0.3, -0.25) is 5.43 Å². The number of benzene rings is 1. The Morgan fingerprint density at radius 3 is 2.59 bits per heavy atom. The molecule has 2 N–H and O–H groups in total. The Morgan fingerprint density at radius 2 is 2.00 bits per heavy atom. The van der Waals surface area contributed by atoms with E-state index in [1.807, 2.05) is 13.8 Å². The van der Waals surface area contributed by atoms with Gasteiger partial charge in [-0.1, -0.05) is 0 Å². The van der Waals surface area contributed by atoms with Crippen molar-refractivity contribution in [2.45, 2.75) is 13.8 Å². The number of anilines is 1. The van der Waals surface area contributed by atoms with Crippen LogP contribution >= 0.6 is 11.3 Å². The highest BCUT2D eigenvalue weighted by atomic mass is 32.1. The first kappa shape index (κ1) is 11.6. The second-order valence-corrected chi connectivity index (χ2v) is 4.83. The molecule has 0 aliphatic carbocycles. The van der Waals surface area contributed by atoms with Gasteiger partial charge in [0.1, 0.15) is 5.75 Å². The fourth-order valence-electron chi connectivity index (χ4n) is 1.24. The molecule has 17 heavy (non-hydrogen) atoms. The maximum atomic E-state index is 9.12. The zero-order valence-corrected chi connectivity index (χ0v) is 10.5. The fraction of sp³-hybridized carbons (Fsp3) is 0.167. The molecule has 0 bridgehead atoms. The van der Waals surface area contributed by atoms with E-state index in [-0.39, 0.29) is 5.75 Å². The monoisotopic (exact) mass is 247 g/mol. The maximum absolute atomic E-state index is 9.12. The van der Waals surface area contributed by atoms with Crippen LogP contribution in [0.3, 0.4) is 0 Å². The van der Waals surface area contributed by atoms with E-state index in [1.165, 1.54) is 4.88 Å². The lowest BCUT2D eigenvalue weighted by Crippen LogP contribution is -1.89. The molecule has 0 saturated carbocycles. The molecule has 0 amide bonds. The predicted molar refractivity (Wildman–Crippen MR) is 70.9 cm³/mol. The van der Waals surface area contributed by atoms with Crippen LogP contribution in [0, 0.1) is 13.8 Å². The maximum Gasteiger partial charge on any atom is 0.203 e. The van der Waals surface area contributed by atoms with Crippen LogP contribution in [0.5, 0.6) is 5.75 Å². The van der Waals surface area contributed by atoms with Crippen molar-refractivity contribution >= 4 is 22.7 Å². The average Bonchev–Trinajstić information content (AvgIpc) is 2.61. The van der Waals surface area contributed by atoms with Crippen molar-refractivity contribution in [3.05, 3.63) is 40.4 Å². The number of aromatic hydroxyl groups is 1. The molecule has 1 heterocycles. The third-order valence-corrected chi connectivity index (χ3v) is 3.27. The number of aryl methyl sites for hydroxylation is 2. The number of thiazole rings is 1. The lowest BCUT2D eigenvalue weighted by molar-refractivity contribution is 0.475. The van der Waals surface area contributed by atoms with E-state index < -0.39 is 0 Å². The molecule has 1 aromatic heterocycles. The first-order valence-corrected chi connectivity index (χ1v) is 5.99. The number of nitrogens with zero attached hydrogens (tertiary/aromatic N) is 2. The van der Waals surface area contributed by atoms with Gasteiger partial charge in [0.15, 0.2) is 0 Å². The first-order chi connectivity index (χ1) is 8.15. The quantitative estimate of drug-likeness (QED) is 0.647. The summed E-state index contributed by atoms with van der Waals surface area (Å²) >= 11 is 1.58. The van der Waals surface area contributed by atoms with Crippen LogP contribution in [-0.4, -0.2) is 16.3 Å². The number of hydrazone groups is 1. The van der Waals surface area contributed by atoms with Crippen LogP contribution in [0.4, 0.5) is 5.13 Å². The van der Waals surface area contributed by atoms with Crippen molar-refractivity contribution in [1.82, 2.24) is 4.98 Å². The van der Waals surface area contributed by atoms with Crippen LogP contribution < -0.4 is 5.43 Å². The minimum atomic E-state index is 0.251. The molecule has 0 spiro atoms. The number of phenolic OH excluding ortho intramolecular Hbond substituents is 1. The Kier molecular flexibility index (Phi) is 3.39. The van der Waals surface area contributed by atoms with Gasteiger partial charge in [-0.05, 0) is 43.7 Å². The molecule has 0 fully saturated rings. The summed E-state index contributed by atoms with van der Waals surface area (Å²) in [5.41, 5.74) is 4.83. The number of aromatic nitrogens is 1. The van der Waals surface area contributed by atoms with Gasteiger partial charge >= 0.3 is 0 Å². The lowest BCUT2D eigenvalue weighted by atomic mass is 10.2. The minimum Gasteiger partial charge on any atom is -0.508 e. The van der Waals surface area contributed by atoms with E-state index in [9.17, 15) is 0 Å². The zero-order valence-electron chi connectivity index (χ0n) is 9.64. The smallest absolute Gasteiger partial charge is 0.203 e. The van der Waals surface area contributed by atoms with E-state index in [2.05, 4.69) is 15.5 Å². The number of nitrogens with one attached hydrogen (secondary N) is 1. The van der Waals surface area contributed by atoms with Crippen LogP contribution in [-0.2, 0) is 0 Å². The van der Waals surface area contributed by atoms with Crippen molar-refractivity contribution in [2.24, 2.45) is 5.10 Å². The van der Waals surface area contributed by atoms with Crippen LogP contribution in [0.25, 0.3) is 0 Å². The summed E-state index contributed by atoms with van der Waals surface area (Å²) < 4.78 is 0. The van der Waals surface area contributed by atoms with E-state index in [4.69, 9.17) is 5.11 Å². The lowest BCUT2D eigenvalue weighted by Gasteiger charge is -1.94. The van der Waals surface area contributed by atoms with Gasteiger partial charge in [-0.25, -0.2) is 4.98 Å². The highest BCUT2D eigenvalue weighted by Crippen LogP contribution is 2.20. The van der Waals surface area contributed by atoms with Gasteiger partial charge in [-0.2, -0.15) is 5.10 Å². The van der Waals surface area contributed by atoms with E-state index >= 15 is 0 Å². The van der Waals surface area contributed by atoms with Crippen LogP contribution in [0.1, 0.15) is 16.1 Å². The predicted octanol–water partition coefficient (Wildman–Crippen LogP) is 2.91. The Labute approximate surface area is 104 Å². The Morgan fingerprint density at radius 1 is 1.29 bits per heavy atom. The summed E-state index contributed by atoms with van der Waals surface area (Å²) in [5, 5.41) is 14.0. The summed E-state index contributed by atoms with van der Waals surface area (Å²) in [6, 6.07) is 6.83. The summed E-state index contributed by atoms with van der Waals surface area (Å²) in [7, 11) is 0. The van der Waals surface area contributed by atoms with Crippen molar-refractivity contribution < 1.29 is 5.11 Å². The second-order valence-electron chi connectivity index (χ2n) is 3.62. The molecule has 0 unspecified atom stereocenters. The standard InChI is InChI=1S/C12H13N3OS/c1-8-9(2)17-12(14-8)15-13-7-10-3-5-11(16)6-4-10/h3-7,16H,1-2H3,(H,14,15). The molecular weight excluding hydrogens is 234 g/mol. The molecule has 0 aliphatic heterocycles. The Hall–Kier alpha value is -1.88. The molecule has 0 radical (unpaired) electrons. The van der Waals surface area contributed by atoms with Crippen molar-refractivity contribution in [2.75, 3.05) is 5.43 Å². The topological polar surface area (TPSA) is 57.5 Å². The highest BCUT2D eigenvalue weighted by molar-refractivity contribution is 7.15. The van der Waals surface area contributed by atoms with Crippen LogP contribution in [0.2, 0.25) is 0 Å². The van der Waals surface area contributed by atoms with Crippen molar-refractivity contribution in [1.29, 1.82) is 0 Å². The average molecular weight is 247 g/mol. The van der Waals surface area contributed by atoms with Gasteiger partial charge in [0.2, 0.25) is 5.13 Å². The van der Waals surface area contributed by atoms with Crippen molar-refractivity contribution in [3.8, 4) is 5.75 Å². The normalized spacial score (nSPS) is 10.9. The first-order valence-electron chi connectivity index (χ1n) is 5.17. The van der Waals surface area contributed by atoms with Gasteiger partial charge in [0.25, 0.3) is 0 Å². The Bertz CT molecular complexity index is 512. The highest BCUT2D eigenvalue weighted by Gasteiger charge is 2.00. The molecule has 4 nitrogen and oxygen atoms in total. The van der Waals surface area contributed by atoms with Crippen LogP contribution in [0.15, 0.2) is 29.4 Å². The van der Waals surface area contributed by atoms with Gasteiger partial charge in [0, 0.05) is 4.88 Å². The summed E-state index contributed by atoms with van der Waals surface area (Å²) in [6.07, 6.45) is 1.69. The fourth-order valence-corrected chi connectivity index (χ4v) is 2.01. The number of hydrogen-bond donors (Lipinski definition) is 2. The molecular formula is C12H13N3OS. The molecule has 88 valence electrons. The SMILES string of the molecule is Cc1nc(NN=Cc2ccc(O)cc2)sc1C. The number of phenols is 1. The van der Waals surface area contributed by atoms with Gasteiger partial charge in [-0.15, -0.1) is 11.3 Å². The largest absolute Gasteiger partial charge is 0.508 e. The molecule has 2 rings (SSSR count). The summed E-state index contributed by atoms with van der Waals surface area (Å²) in [4.78, 5) is 5.50. The molecule has 5 heteroatoms. The summed E-state index contributed by atoms with van der Waals surface area (Å²) in [5.74, 6) is 0.251. The zero-order chi connectivity index (χ0) is 12.3. The van der Waals surface area contributed by atoms with E-state index in [1.54, 1.807) is 41.8 Å². The second kappa shape index (κ2) is 4.97. The van der Waals surface area contributed by atoms with Gasteiger partial charge < -0.3 is 5.11 Å². The molecule has 2 aromatic rings. The van der Waals surface area contributed by atoms with Gasteiger partial charge in [0.05, 0.1) is 11.9 Å². The molecule has 0 atom stereocenters.